The maximum atomic E-state index is 13.5. The Morgan fingerprint density at radius 2 is 1.53 bits per heavy atom. The first-order chi connectivity index (χ1) is 16.6. The molecule has 0 unspecified atom stereocenters. The minimum absolute atomic E-state index is 0.0646. The topological polar surface area (TPSA) is 29.5 Å². The summed E-state index contributed by atoms with van der Waals surface area (Å²) in [5.74, 6) is 0.151. The number of ether oxygens (including phenoxy) is 1. The van der Waals surface area contributed by atoms with Gasteiger partial charge in [-0.25, -0.2) is 9.18 Å². The van der Waals surface area contributed by atoms with E-state index in [2.05, 4.69) is 30.3 Å². The zero-order chi connectivity index (χ0) is 23.4. The Balaban J connectivity index is 1.29. The Kier molecular flexibility index (Phi) is 6.63. The number of rotatable bonds is 7. The first-order valence-corrected chi connectivity index (χ1v) is 12.3. The first kappa shape index (κ1) is 22.6. The van der Waals surface area contributed by atoms with Crippen molar-refractivity contribution in [2.24, 2.45) is 5.92 Å². The molecule has 0 aromatic heterocycles. The number of nitrogens with zero attached hydrogens (tertiary/aromatic N) is 2. The van der Waals surface area contributed by atoms with Crippen molar-refractivity contribution in [3.63, 3.8) is 0 Å². The Hall–Kier alpha value is -3.18. The van der Waals surface area contributed by atoms with Gasteiger partial charge in [0.25, 0.3) is 0 Å². The molecule has 5 heteroatoms. The third-order valence-corrected chi connectivity index (χ3v) is 7.55. The molecular weight excluding hydrogens is 427 g/mol. The first-order valence-electron chi connectivity index (χ1n) is 12.3. The maximum absolute atomic E-state index is 13.5. The molecule has 0 spiro atoms. The molecule has 3 aromatic rings. The Bertz CT molecular complexity index is 1080. The van der Waals surface area contributed by atoms with Crippen LogP contribution >= 0.6 is 0 Å². The summed E-state index contributed by atoms with van der Waals surface area (Å²) >= 11 is 0. The lowest BCUT2D eigenvalue weighted by molar-refractivity contribution is -0.945. The Labute approximate surface area is 201 Å². The van der Waals surface area contributed by atoms with Crippen molar-refractivity contribution in [3.05, 3.63) is 102 Å². The van der Waals surface area contributed by atoms with Crippen LogP contribution in [-0.4, -0.2) is 42.9 Å². The smallest absolute Gasteiger partial charge is 0.415 e. The van der Waals surface area contributed by atoms with E-state index in [1.807, 2.05) is 30.3 Å². The van der Waals surface area contributed by atoms with Gasteiger partial charge in [-0.3, -0.25) is 4.90 Å². The molecule has 3 aliphatic heterocycles. The van der Waals surface area contributed by atoms with Crippen LogP contribution in [0.2, 0.25) is 0 Å². The summed E-state index contributed by atoms with van der Waals surface area (Å²) in [5, 5.41) is 0. The largest absolute Gasteiger partial charge is 0.440 e. The van der Waals surface area contributed by atoms with Crippen LogP contribution in [0.5, 0.6) is 0 Å². The van der Waals surface area contributed by atoms with Gasteiger partial charge in [0.2, 0.25) is 0 Å². The number of halogens is 1. The average molecular weight is 460 g/mol. The van der Waals surface area contributed by atoms with Crippen molar-refractivity contribution < 1.29 is 18.4 Å². The molecule has 6 rings (SSSR count). The SMILES string of the molecule is O=C(O[C@H]1C[N+]2(CCc3ccccc3)CCC1CC2)N(Cc1ccc(F)cc1)c1ccccc1. The van der Waals surface area contributed by atoms with Crippen LogP contribution in [0, 0.1) is 11.7 Å². The number of quaternary nitrogens is 1. The molecule has 1 amide bonds. The second kappa shape index (κ2) is 9.98. The number of hydrogen-bond donors (Lipinski definition) is 0. The van der Waals surface area contributed by atoms with Crippen LogP contribution in [0.3, 0.4) is 0 Å². The van der Waals surface area contributed by atoms with E-state index in [9.17, 15) is 9.18 Å². The third-order valence-electron chi connectivity index (χ3n) is 7.55. The summed E-state index contributed by atoms with van der Waals surface area (Å²) in [6.45, 7) is 4.66. The van der Waals surface area contributed by atoms with E-state index in [1.165, 1.54) is 30.8 Å². The van der Waals surface area contributed by atoms with Gasteiger partial charge in [0.1, 0.15) is 12.4 Å². The number of carbonyl (C=O) groups excluding carboxylic acids is 1. The monoisotopic (exact) mass is 459 g/mol. The third kappa shape index (κ3) is 5.15. The zero-order valence-electron chi connectivity index (χ0n) is 19.5. The molecule has 3 aromatic carbocycles. The van der Waals surface area contributed by atoms with Crippen molar-refractivity contribution in [1.82, 2.24) is 0 Å². The van der Waals surface area contributed by atoms with Crippen molar-refractivity contribution in [2.45, 2.75) is 31.9 Å². The molecule has 3 heterocycles. The van der Waals surface area contributed by atoms with Crippen LogP contribution in [0.4, 0.5) is 14.9 Å². The number of anilines is 1. The summed E-state index contributed by atoms with van der Waals surface area (Å²) in [5.41, 5.74) is 3.01. The summed E-state index contributed by atoms with van der Waals surface area (Å²) < 4.78 is 20.6. The number of hydrogen-bond acceptors (Lipinski definition) is 2. The molecule has 4 nitrogen and oxygen atoms in total. The second-order valence-electron chi connectivity index (χ2n) is 9.74. The molecule has 0 radical (unpaired) electrons. The fourth-order valence-electron chi connectivity index (χ4n) is 5.51. The highest BCUT2D eigenvalue weighted by Gasteiger charge is 2.47. The van der Waals surface area contributed by atoms with Crippen LogP contribution in [-0.2, 0) is 17.7 Å². The minimum atomic E-state index is -0.324. The van der Waals surface area contributed by atoms with Gasteiger partial charge in [-0.1, -0.05) is 60.7 Å². The van der Waals surface area contributed by atoms with E-state index < -0.39 is 0 Å². The lowest BCUT2D eigenvalue weighted by Gasteiger charge is -2.52. The number of carbonyl (C=O) groups is 1. The number of fused-ring (bicyclic) bond motifs is 3. The van der Waals surface area contributed by atoms with Gasteiger partial charge in [-0.15, -0.1) is 0 Å². The van der Waals surface area contributed by atoms with E-state index in [0.717, 1.165) is 48.1 Å². The number of piperidine rings is 3. The number of amides is 1. The summed E-state index contributed by atoms with van der Waals surface area (Å²) in [6.07, 6.45) is 2.87. The molecule has 0 N–H and O–H groups in total. The maximum Gasteiger partial charge on any atom is 0.415 e. The van der Waals surface area contributed by atoms with E-state index in [4.69, 9.17) is 4.74 Å². The van der Waals surface area contributed by atoms with Crippen LogP contribution < -0.4 is 4.90 Å². The van der Waals surface area contributed by atoms with Gasteiger partial charge in [-0.05, 0) is 35.4 Å². The summed E-state index contributed by atoms with van der Waals surface area (Å²) in [4.78, 5) is 15.1. The number of para-hydroxylation sites is 1. The Morgan fingerprint density at radius 1 is 0.882 bits per heavy atom. The molecule has 176 valence electrons. The van der Waals surface area contributed by atoms with Crippen LogP contribution in [0.1, 0.15) is 24.0 Å². The van der Waals surface area contributed by atoms with Crippen LogP contribution in [0.15, 0.2) is 84.9 Å². The fraction of sp³-hybridized carbons (Fsp3) is 0.345. The molecule has 3 fully saturated rings. The van der Waals surface area contributed by atoms with E-state index >= 15 is 0 Å². The lowest BCUT2D eigenvalue weighted by atomic mass is 9.83. The van der Waals surface area contributed by atoms with Gasteiger partial charge in [-0.2, -0.15) is 0 Å². The highest BCUT2D eigenvalue weighted by molar-refractivity contribution is 5.87. The summed E-state index contributed by atoms with van der Waals surface area (Å²) in [7, 11) is 0. The predicted molar refractivity (Wildman–Crippen MR) is 132 cm³/mol. The predicted octanol–water partition coefficient (Wildman–Crippen LogP) is 5.82. The van der Waals surface area contributed by atoms with Gasteiger partial charge in [0.05, 0.1) is 26.2 Å². The zero-order valence-corrected chi connectivity index (χ0v) is 19.5. The molecule has 1 atom stereocenters. The molecule has 0 aliphatic carbocycles. The molecule has 34 heavy (non-hydrogen) atoms. The van der Waals surface area contributed by atoms with Crippen LogP contribution in [0.25, 0.3) is 0 Å². The minimum Gasteiger partial charge on any atom is -0.440 e. The van der Waals surface area contributed by atoms with Crippen molar-refractivity contribution >= 4 is 11.8 Å². The Morgan fingerprint density at radius 3 is 2.21 bits per heavy atom. The van der Waals surface area contributed by atoms with Gasteiger partial charge in [0, 0.05) is 30.9 Å². The summed E-state index contributed by atoms with van der Waals surface area (Å²) in [6, 6.07) is 26.5. The van der Waals surface area contributed by atoms with Crippen molar-refractivity contribution in [1.29, 1.82) is 0 Å². The van der Waals surface area contributed by atoms with E-state index in [-0.39, 0.29) is 18.0 Å². The van der Waals surface area contributed by atoms with Gasteiger partial charge in [0.15, 0.2) is 6.10 Å². The fourth-order valence-corrected chi connectivity index (χ4v) is 5.51. The highest BCUT2D eigenvalue weighted by Crippen LogP contribution is 2.36. The van der Waals surface area contributed by atoms with E-state index in [0.29, 0.717) is 12.5 Å². The van der Waals surface area contributed by atoms with Crippen molar-refractivity contribution in [2.75, 3.05) is 31.1 Å². The highest BCUT2D eigenvalue weighted by atomic mass is 19.1. The van der Waals surface area contributed by atoms with E-state index in [1.54, 1.807) is 17.0 Å². The quantitative estimate of drug-likeness (QED) is 0.417. The second-order valence-corrected chi connectivity index (χ2v) is 9.74. The van der Waals surface area contributed by atoms with Crippen molar-refractivity contribution in [3.8, 4) is 0 Å². The number of benzene rings is 3. The normalized spacial score (nSPS) is 23.4. The van der Waals surface area contributed by atoms with Gasteiger partial charge < -0.3 is 9.22 Å². The molecule has 3 saturated heterocycles. The molecule has 2 bridgehead atoms. The average Bonchev–Trinajstić information content (AvgIpc) is 2.89. The molecule has 0 saturated carbocycles. The standard InChI is InChI=1S/C29H32FN2O2/c30-26-13-11-24(12-14-26)21-31(27-9-5-2-6-10-27)29(33)34-28-22-32(19-16-25(28)17-20-32)18-15-23-7-3-1-4-8-23/h1-14,25,28H,15-22H2/q+1/t25?,28-,32?/m0/s1. The lowest BCUT2D eigenvalue weighted by Crippen LogP contribution is -2.65. The molecule has 3 aliphatic rings. The molecular formula is C29H32FN2O2+. The van der Waals surface area contributed by atoms with Gasteiger partial charge >= 0.3 is 6.09 Å².